The summed E-state index contributed by atoms with van der Waals surface area (Å²) >= 11 is 0. The van der Waals surface area contributed by atoms with Gasteiger partial charge in [-0.2, -0.15) is 0 Å². The topological polar surface area (TPSA) is 41.6 Å². The van der Waals surface area contributed by atoms with E-state index in [-0.39, 0.29) is 12.0 Å². The van der Waals surface area contributed by atoms with Crippen molar-refractivity contribution in [1.29, 1.82) is 0 Å². The Hall–Kier alpha value is -0.870. The highest BCUT2D eigenvalue weighted by atomic mass is 16.5. The Morgan fingerprint density at radius 1 is 1.53 bits per heavy atom. The van der Waals surface area contributed by atoms with Crippen LogP contribution in [0.15, 0.2) is 12.2 Å². The molecule has 0 amide bonds. The molecule has 1 N–H and O–H groups in total. The van der Waals surface area contributed by atoms with Gasteiger partial charge in [0.05, 0.1) is 6.61 Å². The molecule has 1 atom stereocenters. The third kappa shape index (κ3) is 6.25. The minimum atomic E-state index is -0.384. The lowest BCUT2D eigenvalue weighted by Gasteiger charge is -2.18. The fourth-order valence-electron chi connectivity index (χ4n) is 1.12. The van der Waals surface area contributed by atoms with Crippen molar-refractivity contribution in [2.24, 2.45) is 0 Å². The van der Waals surface area contributed by atoms with Crippen molar-refractivity contribution < 1.29 is 9.53 Å². The summed E-state index contributed by atoms with van der Waals surface area (Å²) in [6.07, 6.45) is 0. The van der Waals surface area contributed by atoms with E-state index in [0.717, 1.165) is 18.7 Å². The van der Waals surface area contributed by atoms with Gasteiger partial charge < -0.3 is 9.64 Å². The van der Waals surface area contributed by atoms with Gasteiger partial charge in [-0.1, -0.05) is 12.2 Å². The van der Waals surface area contributed by atoms with Gasteiger partial charge in [-0.25, -0.2) is 4.79 Å². The first-order valence-corrected chi connectivity index (χ1v) is 5.19. The molecule has 0 aliphatic carbocycles. The molecule has 0 rings (SSSR count). The Morgan fingerprint density at radius 3 is 2.53 bits per heavy atom. The van der Waals surface area contributed by atoms with Crippen LogP contribution < -0.4 is 5.32 Å². The lowest BCUT2D eigenvalue weighted by molar-refractivity contribution is -0.144. The molecule has 0 aromatic heterocycles. The van der Waals surface area contributed by atoms with E-state index < -0.39 is 0 Å². The van der Waals surface area contributed by atoms with E-state index in [4.69, 9.17) is 4.74 Å². The molecular formula is C11H22N2O2. The van der Waals surface area contributed by atoms with Crippen LogP contribution in [0, 0.1) is 0 Å². The number of ether oxygens (including phenoxy) is 1. The number of esters is 1. The Morgan fingerprint density at radius 2 is 2.13 bits per heavy atom. The second-order valence-electron chi connectivity index (χ2n) is 3.79. The lowest BCUT2D eigenvalue weighted by atomic mass is 10.1. The van der Waals surface area contributed by atoms with E-state index in [2.05, 4.69) is 11.9 Å². The van der Waals surface area contributed by atoms with Crippen LogP contribution in [0.2, 0.25) is 0 Å². The third-order valence-electron chi connectivity index (χ3n) is 1.92. The number of hydrogen-bond donors (Lipinski definition) is 1. The van der Waals surface area contributed by atoms with E-state index in [1.807, 2.05) is 25.9 Å². The van der Waals surface area contributed by atoms with Gasteiger partial charge in [-0.3, -0.25) is 5.32 Å². The number of nitrogens with one attached hydrogen (secondary N) is 1. The molecule has 4 heteroatoms. The zero-order valence-corrected chi connectivity index (χ0v) is 10.2. The fourth-order valence-corrected chi connectivity index (χ4v) is 1.12. The first kappa shape index (κ1) is 14.1. The molecule has 0 aromatic carbocycles. The van der Waals surface area contributed by atoms with Crippen LogP contribution >= 0.6 is 0 Å². The van der Waals surface area contributed by atoms with Crippen molar-refractivity contribution in [2.45, 2.75) is 19.9 Å². The third-order valence-corrected chi connectivity index (χ3v) is 1.92. The highest BCUT2D eigenvalue weighted by molar-refractivity contribution is 5.79. The number of likely N-dealkylation sites (N-methyl/N-ethyl adjacent to an activating group) is 1. The van der Waals surface area contributed by atoms with E-state index in [9.17, 15) is 4.79 Å². The molecule has 0 radical (unpaired) electrons. The molecule has 15 heavy (non-hydrogen) atoms. The SMILES string of the molecule is C=C(C)C(NCCN(C)C)C(=O)OCC. The minimum absolute atomic E-state index is 0.247. The normalized spacial score (nSPS) is 12.6. The maximum atomic E-state index is 11.5. The highest BCUT2D eigenvalue weighted by Crippen LogP contribution is 2.00. The smallest absolute Gasteiger partial charge is 0.327 e. The zero-order valence-electron chi connectivity index (χ0n) is 10.2. The largest absolute Gasteiger partial charge is 0.465 e. The highest BCUT2D eigenvalue weighted by Gasteiger charge is 2.19. The van der Waals surface area contributed by atoms with Gasteiger partial charge in [0.1, 0.15) is 6.04 Å². The molecule has 0 aromatic rings. The van der Waals surface area contributed by atoms with Gasteiger partial charge in [-0.15, -0.1) is 0 Å². The van der Waals surface area contributed by atoms with Crippen LogP contribution in [-0.4, -0.2) is 50.7 Å². The van der Waals surface area contributed by atoms with Gasteiger partial charge in [0.2, 0.25) is 0 Å². The van der Waals surface area contributed by atoms with Crippen molar-refractivity contribution in [3.05, 3.63) is 12.2 Å². The molecular weight excluding hydrogens is 192 g/mol. The predicted molar refractivity (Wildman–Crippen MR) is 61.8 cm³/mol. The number of rotatable bonds is 7. The lowest BCUT2D eigenvalue weighted by Crippen LogP contribution is -2.41. The maximum Gasteiger partial charge on any atom is 0.327 e. The molecule has 0 spiro atoms. The summed E-state index contributed by atoms with van der Waals surface area (Å²) in [6, 6.07) is -0.384. The first-order chi connectivity index (χ1) is 6.99. The van der Waals surface area contributed by atoms with Gasteiger partial charge in [0, 0.05) is 13.1 Å². The molecule has 0 fully saturated rings. The van der Waals surface area contributed by atoms with Crippen LogP contribution in [0.3, 0.4) is 0 Å². The van der Waals surface area contributed by atoms with Crippen molar-refractivity contribution in [1.82, 2.24) is 10.2 Å². The van der Waals surface area contributed by atoms with Crippen molar-refractivity contribution in [2.75, 3.05) is 33.8 Å². The first-order valence-electron chi connectivity index (χ1n) is 5.19. The molecule has 0 aliphatic rings. The van der Waals surface area contributed by atoms with Crippen molar-refractivity contribution in [3.63, 3.8) is 0 Å². The van der Waals surface area contributed by atoms with Gasteiger partial charge in [-0.05, 0) is 27.9 Å². The average molecular weight is 214 g/mol. The van der Waals surface area contributed by atoms with Gasteiger partial charge >= 0.3 is 5.97 Å². The number of carbonyl (C=O) groups excluding carboxylic acids is 1. The van der Waals surface area contributed by atoms with E-state index >= 15 is 0 Å². The summed E-state index contributed by atoms with van der Waals surface area (Å²) in [7, 11) is 3.98. The van der Waals surface area contributed by atoms with Gasteiger partial charge in [0.15, 0.2) is 0 Å². The van der Waals surface area contributed by atoms with Crippen LogP contribution in [0.1, 0.15) is 13.8 Å². The molecule has 88 valence electrons. The summed E-state index contributed by atoms with van der Waals surface area (Å²) in [6.45, 7) is 9.42. The molecule has 4 nitrogen and oxygen atoms in total. The Bertz CT molecular complexity index is 215. The van der Waals surface area contributed by atoms with Crippen LogP contribution in [0.25, 0.3) is 0 Å². The Balaban J connectivity index is 4.05. The summed E-state index contributed by atoms with van der Waals surface area (Å²) in [4.78, 5) is 13.6. The van der Waals surface area contributed by atoms with Crippen LogP contribution in [0.4, 0.5) is 0 Å². The van der Waals surface area contributed by atoms with Crippen molar-refractivity contribution >= 4 is 5.97 Å². The number of hydrogen-bond acceptors (Lipinski definition) is 4. The van der Waals surface area contributed by atoms with E-state index in [0.29, 0.717) is 6.61 Å². The van der Waals surface area contributed by atoms with Gasteiger partial charge in [0.25, 0.3) is 0 Å². The molecule has 0 heterocycles. The number of carbonyl (C=O) groups is 1. The monoisotopic (exact) mass is 214 g/mol. The Labute approximate surface area is 92.3 Å². The molecule has 0 saturated carbocycles. The predicted octanol–water partition coefficient (Wildman–Crippen LogP) is 0.645. The summed E-state index contributed by atoms with van der Waals surface area (Å²) in [5.41, 5.74) is 0.784. The summed E-state index contributed by atoms with van der Waals surface area (Å²) in [5, 5.41) is 3.12. The van der Waals surface area contributed by atoms with Crippen molar-refractivity contribution in [3.8, 4) is 0 Å². The van der Waals surface area contributed by atoms with Crippen LogP contribution in [-0.2, 0) is 9.53 Å². The second-order valence-corrected chi connectivity index (χ2v) is 3.79. The molecule has 1 unspecified atom stereocenters. The maximum absolute atomic E-state index is 11.5. The van der Waals surface area contributed by atoms with E-state index in [1.165, 1.54) is 0 Å². The standard InChI is InChI=1S/C11H22N2O2/c1-6-15-11(14)10(9(2)3)12-7-8-13(4)5/h10,12H,2,6-8H2,1,3-5H3. The second kappa shape index (κ2) is 7.43. The zero-order chi connectivity index (χ0) is 11.8. The molecule has 0 bridgehead atoms. The fraction of sp³-hybridized carbons (Fsp3) is 0.727. The van der Waals surface area contributed by atoms with Crippen LogP contribution in [0.5, 0.6) is 0 Å². The number of nitrogens with zero attached hydrogens (tertiary/aromatic N) is 1. The average Bonchev–Trinajstić information content (AvgIpc) is 2.11. The van der Waals surface area contributed by atoms with E-state index in [1.54, 1.807) is 6.92 Å². The minimum Gasteiger partial charge on any atom is -0.465 e. The molecule has 0 aliphatic heterocycles. The molecule has 0 saturated heterocycles. The summed E-state index contributed by atoms with van der Waals surface area (Å²) < 4.78 is 4.95. The quantitative estimate of drug-likeness (QED) is 0.499. The Kier molecular flexibility index (Phi) is 6.99. The summed E-state index contributed by atoms with van der Waals surface area (Å²) in [5.74, 6) is -0.247.